The first-order valence-electron chi connectivity index (χ1n) is 2.21. The Morgan fingerprint density at radius 3 is 1.40 bits per heavy atom. The second-order valence-corrected chi connectivity index (χ2v) is 2.23. The molecule has 0 saturated heterocycles. The van der Waals surface area contributed by atoms with Crippen LogP contribution in [0.4, 0.5) is 0 Å². The van der Waals surface area contributed by atoms with Crippen LogP contribution in [0.1, 0.15) is 0 Å². The summed E-state index contributed by atoms with van der Waals surface area (Å²) in [6.45, 7) is 0. The van der Waals surface area contributed by atoms with Gasteiger partial charge in [0.15, 0.2) is 0 Å². The Morgan fingerprint density at radius 1 is 0.900 bits per heavy atom. The third-order valence-corrected chi connectivity index (χ3v) is 1.58. The van der Waals surface area contributed by atoms with E-state index >= 15 is 0 Å². The summed E-state index contributed by atoms with van der Waals surface area (Å²) in [5.74, 6) is 0. The van der Waals surface area contributed by atoms with Crippen molar-refractivity contribution in [2.75, 3.05) is 0 Å². The van der Waals surface area contributed by atoms with Gasteiger partial charge in [0, 0.05) is 0 Å². The molecule has 0 bridgehead atoms. The number of hydrogen-bond acceptors (Lipinski definition) is 0. The van der Waals surface area contributed by atoms with E-state index in [-0.39, 0.29) is 40.0 Å². The van der Waals surface area contributed by atoms with Crippen molar-refractivity contribution >= 4 is 63.2 Å². The highest BCUT2D eigenvalue weighted by Gasteiger charge is 1.89. The molecule has 0 atom stereocenters. The highest BCUT2D eigenvalue weighted by Crippen LogP contribution is 2.19. The zero-order valence-corrected chi connectivity index (χ0v) is 7.70. The third kappa shape index (κ3) is 4.04. The Hall–Kier alpha value is 1.05. The van der Waals surface area contributed by atoms with E-state index in [1.807, 2.05) is 12.1 Å². The van der Waals surface area contributed by atoms with Gasteiger partial charge in [0.25, 0.3) is 0 Å². The van der Waals surface area contributed by atoms with Gasteiger partial charge in [0.2, 0.25) is 0 Å². The summed E-state index contributed by atoms with van der Waals surface area (Å²) in [4.78, 5) is 0. The Morgan fingerprint density at radius 2 is 1.20 bits per heavy atom. The summed E-state index contributed by atoms with van der Waals surface area (Å²) in [6.07, 6.45) is 0. The van der Waals surface area contributed by atoms with Gasteiger partial charge in [0.1, 0.15) is 0 Å². The molecule has 1 rings (SSSR count). The molecule has 0 amide bonds. The summed E-state index contributed by atoms with van der Waals surface area (Å²) in [6, 6.07) is 7.19. The minimum absolute atomic E-state index is 0. The monoisotopic (exact) mass is 252 g/mol. The normalized spacial score (nSPS) is 7.40. The summed E-state index contributed by atoms with van der Waals surface area (Å²) < 4.78 is 0. The van der Waals surface area contributed by atoms with Crippen molar-refractivity contribution in [3.63, 3.8) is 0 Å². The first kappa shape index (κ1) is 13.6. The first-order chi connectivity index (χ1) is 3.80. The van der Waals surface area contributed by atoms with E-state index in [2.05, 4.69) is 0 Å². The van der Waals surface area contributed by atoms with Gasteiger partial charge < -0.3 is 0 Å². The lowest BCUT2D eigenvalue weighted by molar-refractivity contribution is 1.71. The lowest BCUT2D eigenvalue weighted by Gasteiger charge is -1.88. The van der Waals surface area contributed by atoms with Gasteiger partial charge in [-0.3, -0.25) is 0 Å². The summed E-state index contributed by atoms with van der Waals surface area (Å²) >= 11 is 11.2. The van der Waals surface area contributed by atoms with Crippen LogP contribution >= 0.6 is 40.2 Å². The van der Waals surface area contributed by atoms with E-state index in [0.29, 0.717) is 10.0 Å². The fourth-order valence-corrected chi connectivity index (χ4v) is 0.711. The molecule has 0 radical (unpaired) electrons. The SMILES string of the molecule is Br.Clc1ccccc1Cl.[MgH2]. The molecular formula is C6H7BrCl2Mg. The maximum absolute atomic E-state index is 5.58. The predicted molar refractivity (Wildman–Crippen MR) is 55.3 cm³/mol. The molecule has 0 nitrogen and oxygen atoms in total. The van der Waals surface area contributed by atoms with Gasteiger partial charge in [-0.2, -0.15) is 0 Å². The molecular weight excluding hydrogens is 247 g/mol. The minimum atomic E-state index is 0. The predicted octanol–water partition coefficient (Wildman–Crippen LogP) is 2.66. The van der Waals surface area contributed by atoms with E-state index in [4.69, 9.17) is 23.2 Å². The van der Waals surface area contributed by atoms with Gasteiger partial charge in [-0.1, -0.05) is 35.3 Å². The maximum atomic E-state index is 5.58. The Balaban J connectivity index is 0. The van der Waals surface area contributed by atoms with Gasteiger partial charge in [-0.25, -0.2) is 0 Å². The van der Waals surface area contributed by atoms with Crippen molar-refractivity contribution in [1.82, 2.24) is 0 Å². The fourth-order valence-electron chi connectivity index (χ4n) is 0.439. The smallest absolute Gasteiger partial charge is 0.114 e. The molecule has 0 spiro atoms. The molecule has 0 fully saturated rings. The molecule has 1 aromatic carbocycles. The molecule has 0 heterocycles. The van der Waals surface area contributed by atoms with Crippen LogP contribution in [0.2, 0.25) is 10.0 Å². The summed E-state index contributed by atoms with van der Waals surface area (Å²) in [7, 11) is 0. The molecule has 0 aliphatic heterocycles. The maximum Gasteiger partial charge on any atom is 0.316 e. The van der Waals surface area contributed by atoms with Crippen LogP contribution in [-0.2, 0) is 0 Å². The first-order valence-corrected chi connectivity index (χ1v) is 2.96. The van der Waals surface area contributed by atoms with Gasteiger partial charge in [0.05, 0.1) is 10.0 Å². The molecule has 0 aromatic heterocycles. The Kier molecular flexibility index (Phi) is 9.18. The van der Waals surface area contributed by atoms with Crippen LogP contribution in [0.15, 0.2) is 24.3 Å². The highest BCUT2D eigenvalue weighted by atomic mass is 79.9. The average Bonchev–Trinajstić information content (AvgIpc) is 1.77. The van der Waals surface area contributed by atoms with Crippen molar-refractivity contribution in [3.8, 4) is 0 Å². The van der Waals surface area contributed by atoms with Crippen LogP contribution in [-0.4, -0.2) is 23.1 Å². The average molecular weight is 254 g/mol. The minimum Gasteiger partial charge on any atom is -0.114 e. The Bertz CT molecular complexity index is 172. The second-order valence-electron chi connectivity index (χ2n) is 1.41. The van der Waals surface area contributed by atoms with Crippen molar-refractivity contribution in [1.29, 1.82) is 0 Å². The number of rotatable bonds is 0. The molecule has 0 aliphatic rings. The van der Waals surface area contributed by atoms with Gasteiger partial charge in [-0.15, -0.1) is 17.0 Å². The summed E-state index contributed by atoms with van der Waals surface area (Å²) in [5.41, 5.74) is 0. The lowest BCUT2D eigenvalue weighted by Crippen LogP contribution is -1.62. The number of halogens is 3. The number of hydrogen-bond donors (Lipinski definition) is 0. The van der Waals surface area contributed by atoms with E-state index in [0.717, 1.165) is 0 Å². The molecule has 0 unspecified atom stereocenters. The van der Waals surface area contributed by atoms with Crippen LogP contribution in [0.3, 0.4) is 0 Å². The molecule has 10 heavy (non-hydrogen) atoms. The van der Waals surface area contributed by atoms with Crippen LogP contribution < -0.4 is 0 Å². The van der Waals surface area contributed by atoms with Crippen molar-refractivity contribution < 1.29 is 0 Å². The molecule has 0 aliphatic carbocycles. The molecule has 1 aromatic rings. The second kappa shape index (κ2) is 6.74. The molecule has 4 heteroatoms. The number of benzene rings is 1. The molecule has 54 valence electrons. The molecule has 0 saturated carbocycles. The van der Waals surface area contributed by atoms with E-state index < -0.39 is 0 Å². The summed E-state index contributed by atoms with van der Waals surface area (Å²) in [5, 5.41) is 1.21. The van der Waals surface area contributed by atoms with Gasteiger partial charge >= 0.3 is 23.1 Å². The zero-order chi connectivity index (χ0) is 5.98. The van der Waals surface area contributed by atoms with Gasteiger partial charge in [-0.05, 0) is 12.1 Å². The Labute approximate surface area is 96.8 Å². The quantitative estimate of drug-likeness (QED) is 0.624. The zero-order valence-electron chi connectivity index (χ0n) is 4.47. The van der Waals surface area contributed by atoms with E-state index in [1.54, 1.807) is 12.1 Å². The van der Waals surface area contributed by atoms with Crippen LogP contribution in [0, 0.1) is 0 Å². The largest absolute Gasteiger partial charge is 0.316 e. The third-order valence-electron chi connectivity index (χ3n) is 0.824. The van der Waals surface area contributed by atoms with Crippen molar-refractivity contribution in [3.05, 3.63) is 34.3 Å². The fraction of sp³-hybridized carbons (Fsp3) is 0. The lowest BCUT2D eigenvalue weighted by atomic mass is 10.4. The molecule has 0 N–H and O–H groups in total. The topological polar surface area (TPSA) is 0 Å². The standard InChI is InChI=1S/C6H4Cl2.BrH.Mg.2H/c7-5-3-1-2-4-6(5)8;;;;/h1-4H;1H;;;. The van der Waals surface area contributed by atoms with Crippen LogP contribution in [0.5, 0.6) is 0 Å². The highest BCUT2D eigenvalue weighted by molar-refractivity contribution is 8.93. The van der Waals surface area contributed by atoms with Crippen molar-refractivity contribution in [2.45, 2.75) is 0 Å². The van der Waals surface area contributed by atoms with E-state index in [9.17, 15) is 0 Å². The van der Waals surface area contributed by atoms with Crippen molar-refractivity contribution in [2.24, 2.45) is 0 Å². The van der Waals surface area contributed by atoms with E-state index in [1.165, 1.54) is 0 Å². The van der Waals surface area contributed by atoms with Crippen LogP contribution in [0.25, 0.3) is 0 Å².